The molecular weight excluding hydrogens is 234 g/mol. The molecule has 0 unspecified atom stereocenters. The van der Waals surface area contributed by atoms with Gasteiger partial charge in [0.2, 0.25) is 5.91 Å². The number of hydrogen-bond acceptors (Lipinski definition) is 4. The maximum atomic E-state index is 11.4. The summed E-state index contributed by atoms with van der Waals surface area (Å²) < 4.78 is 1.71. The molecule has 0 saturated carbocycles. The van der Waals surface area contributed by atoms with Gasteiger partial charge in [-0.05, 0) is 0 Å². The number of aliphatic imine (C=N–C) groups is 1. The summed E-state index contributed by atoms with van der Waals surface area (Å²) in [5, 5.41) is 10.00. The van der Waals surface area contributed by atoms with Crippen molar-refractivity contribution in [2.75, 3.05) is 34.2 Å². The van der Waals surface area contributed by atoms with E-state index < -0.39 is 0 Å². The van der Waals surface area contributed by atoms with Crippen molar-refractivity contribution in [3.8, 4) is 0 Å². The van der Waals surface area contributed by atoms with Gasteiger partial charge < -0.3 is 15.5 Å². The fourth-order valence-corrected chi connectivity index (χ4v) is 1.18. The fraction of sp³-hybridized carbons (Fsp3) is 0.600. The second kappa shape index (κ2) is 7.25. The van der Waals surface area contributed by atoms with Gasteiger partial charge in [-0.3, -0.25) is 14.5 Å². The van der Waals surface area contributed by atoms with E-state index in [1.165, 1.54) is 11.2 Å². The van der Waals surface area contributed by atoms with E-state index in [0.29, 0.717) is 19.0 Å². The zero-order chi connectivity index (χ0) is 13.4. The molecule has 0 saturated heterocycles. The molecule has 1 amide bonds. The molecule has 1 heterocycles. The van der Waals surface area contributed by atoms with Crippen LogP contribution in [0.5, 0.6) is 0 Å². The van der Waals surface area contributed by atoms with Crippen LogP contribution < -0.4 is 10.6 Å². The van der Waals surface area contributed by atoms with Crippen molar-refractivity contribution in [2.24, 2.45) is 4.99 Å². The summed E-state index contributed by atoms with van der Waals surface area (Å²) in [5.41, 5.74) is 0. The second-order valence-electron chi connectivity index (χ2n) is 3.80. The first kappa shape index (κ1) is 13.9. The maximum absolute atomic E-state index is 11.4. The number of nitrogens with zero attached hydrogens (tertiary/aromatic N) is 5. The van der Waals surface area contributed by atoms with Crippen LogP contribution in [0.4, 0.5) is 0 Å². The van der Waals surface area contributed by atoms with Crippen molar-refractivity contribution < 1.29 is 4.79 Å². The van der Waals surface area contributed by atoms with Gasteiger partial charge in [0.15, 0.2) is 5.96 Å². The number of aromatic nitrogens is 3. The Balaban J connectivity index is 2.24. The molecular formula is C10H19N7O. The summed E-state index contributed by atoms with van der Waals surface area (Å²) in [4.78, 5) is 20.8. The Morgan fingerprint density at radius 3 is 2.78 bits per heavy atom. The highest BCUT2D eigenvalue weighted by Gasteiger charge is 2.04. The van der Waals surface area contributed by atoms with Crippen molar-refractivity contribution in [2.45, 2.75) is 6.54 Å². The molecule has 2 N–H and O–H groups in total. The lowest BCUT2D eigenvalue weighted by Crippen LogP contribution is -2.43. The van der Waals surface area contributed by atoms with Gasteiger partial charge in [-0.15, -0.1) is 0 Å². The SMILES string of the molecule is CN=C(NCCn1cncn1)NCC(=O)N(C)C. The Hall–Kier alpha value is -2.12. The third-order valence-corrected chi connectivity index (χ3v) is 2.23. The molecule has 1 rings (SSSR count). The molecule has 18 heavy (non-hydrogen) atoms. The minimum absolute atomic E-state index is 0.00535. The first-order valence-electron chi connectivity index (χ1n) is 5.60. The van der Waals surface area contributed by atoms with Crippen LogP contribution in [-0.2, 0) is 11.3 Å². The number of carbonyl (C=O) groups excluding carboxylic acids is 1. The predicted molar refractivity (Wildman–Crippen MR) is 68.1 cm³/mol. The van der Waals surface area contributed by atoms with Gasteiger partial charge in [0.25, 0.3) is 0 Å². The first-order chi connectivity index (χ1) is 8.63. The molecule has 8 heteroatoms. The van der Waals surface area contributed by atoms with E-state index in [0.717, 1.165) is 0 Å². The monoisotopic (exact) mass is 253 g/mol. The average Bonchev–Trinajstić information content (AvgIpc) is 2.85. The first-order valence-corrected chi connectivity index (χ1v) is 5.60. The van der Waals surface area contributed by atoms with Crippen molar-refractivity contribution in [3.05, 3.63) is 12.7 Å². The lowest BCUT2D eigenvalue weighted by molar-refractivity contribution is -0.127. The molecule has 1 aromatic rings. The van der Waals surface area contributed by atoms with Crippen LogP contribution in [0.2, 0.25) is 0 Å². The molecule has 0 aliphatic rings. The van der Waals surface area contributed by atoms with Crippen LogP contribution in [-0.4, -0.2) is 65.8 Å². The molecule has 0 radical (unpaired) electrons. The van der Waals surface area contributed by atoms with E-state index in [-0.39, 0.29) is 12.5 Å². The van der Waals surface area contributed by atoms with Crippen LogP contribution in [0.25, 0.3) is 0 Å². The normalized spacial score (nSPS) is 11.2. The minimum Gasteiger partial charge on any atom is -0.355 e. The van der Waals surface area contributed by atoms with Crippen LogP contribution in [0.1, 0.15) is 0 Å². The highest BCUT2D eigenvalue weighted by atomic mass is 16.2. The number of amides is 1. The van der Waals surface area contributed by atoms with Gasteiger partial charge >= 0.3 is 0 Å². The summed E-state index contributed by atoms with van der Waals surface area (Å²) in [7, 11) is 5.08. The fourth-order valence-electron chi connectivity index (χ4n) is 1.18. The summed E-state index contributed by atoms with van der Waals surface area (Å²) in [6.45, 7) is 1.55. The molecule has 0 aliphatic carbocycles. The van der Waals surface area contributed by atoms with Crippen molar-refractivity contribution in [1.82, 2.24) is 30.3 Å². The van der Waals surface area contributed by atoms with Crippen molar-refractivity contribution in [3.63, 3.8) is 0 Å². The molecule has 0 aromatic carbocycles. The number of rotatable bonds is 5. The van der Waals surface area contributed by atoms with Gasteiger partial charge in [0, 0.05) is 27.7 Å². The lowest BCUT2D eigenvalue weighted by atomic mass is 10.5. The minimum atomic E-state index is -0.00535. The largest absolute Gasteiger partial charge is 0.355 e. The Bertz CT molecular complexity index is 385. The summed E-state index contributed by atoms with van der Waals surface area (Å²) >= 11 is 0. The van der Waals surface area contributed by atoms with E-state index in [4.69, 9.17) is 0 Å². The maximum Gasteiger partial charge on any atom is 0.241 e. The molecule has 0 spiro atoms. The number of nitrogens with one attached hydrogen (secondary N) is 2. The summed E-state index contributed by atoms with van der Waals surface area (Å²) in [6, 6.07) is 0. The Morgan fingerprint density at radius 2 is 2.22 bits per heavy atom. The zero-order valence-corrected chi connectivity index (χ0v) is 10.9. The average molecular weight is 253 g/mol. The highest BCUT2D eigenvalue weighted by molar-refractivity contribution is 5.86. The van der Waals surface area contributed by atoms with E-state index >= 15 is 0 Å². The van der Waals surface area contributed by atoms with Gasteiger partial charge in [-0.25, -0.2) is 4.98 Å². The number of guanidine groups is 1. The van der Waals surface area contributed by atoms with Crippen LogP contribution in [0, 0.1) is 0 Å². The third-order valence-electron chi connectivity index (χ3n) is 2.23. The Labute approximate surface area is 106 Å². The summed E-state index contributed by atoms with van der Waals surface area (Å²) in [5.74, 6) is 0.583. The smallest absolute Gasteiger partial charge is 0.241 e. The molecule has 8 nitrogen and oxygen atoms in total. The summed E-state index contributed by atoms with van der Waals surface area (Å²) in [6.07, 6.45) is 3.14. The van der Waals surface area contributed by atoms with E-state index in [9.17, 15) is 4.79 Å². The van der Waals surface area contributed by atoms with Crippen LogP contribution in [0.15, 0.2) is 17.6 Å². The molecule has 0 bridgehead atoms. The number of carbonyl (C=O) groups is 1. The van der Waals surface area contributed by atoms with E-state index in [2.05, 4.69) is 25.7 Å². The molecule has 100 valence electrons. The van der Waals surface area contributed by atoms with Gasteiger partial charge in [0.1, 0.15) is 12.7 Å². The van der Waals surface area contributed by atoms with Gasteiger partial charge in [-0.2, -0.15) is 5.10 Å². The van der Waals surface area contributed by atoms with Crippen LogP contribution >= 0.6 is 0 Å². The van der Waals surface area contributed by atoms with Gasteiger partial charge in [0.05, 0.1) is 13.1 Å². The van der Waals surface area contributed by atoms with E-state index in [1.807, 2.05) is 0 Å². The van der Waals surface area contributed by atoms with Crippen LogP contribution in [0.3, 0.4) is 0 Å². The quantitative estimate of drug-likeness (QED) is 0.494. The predicted octanol–water partition coefficient (Wildman–Crippen LogP) is -1.47. The standard InChI is InChI=1S/C10H19N7O/c1-11-10(14-6-9(18)16(2)3)13-4-5-17-8-12-7-15-17/h7-8H,4-6H2,1-3H3,(H2,11,13,14). The Kier molecular flexibility index (Phi) is 5.62. The Morgan fingerprint density at radius 1 is 1.44 bits per heavy atom. The van der Waals surface area contributed by atoms with Gasteiger partial charge in [-0.1, -0.05) is 0 Å². The molecule has 0 fully saturated rings. The highest BCUT2D eigenvalue weighted by Crippen LogP contribution is 1.79. The van der Waals surface area contributed by atoms with E-state index in [1.54, 1.807) is 32.2 Å². The topological polar surface area (TPSA) is 87.4 Å². The third kappa shape index (κ3) is 4.81. The molecule has 1 aromatic heterocycles. The molecule has 0 aliphatic heterocycles. The van der Waals surface area contributed by atoms with Crippen molar-refractivity contribution in [1.29, 1.82) is 0 Å². The number of hydrogen-bond donors (Lipinski definition) is 2. The number of likely N-dealkylation sites (N-methyl/N-ethyl adjacent to an activating group) is 1. The lowest BCUT2D eigenvalue weighted by Gasteiger charge is -2.14. The van der Waals surface area contributed by atoms with Crippen molar-refractivity contribution >= 4 is 11.9 Å². The zero-order valence-electron chi connectivity index (χ0n) is 10.9. The molecule has 0 atom stereocenters. The second-order valence-corrected chi connectivity index (χ2v) is 3.80.